The lowest BCUT2D eigenvalue weighted by atomic mass is 10.1. The van der Waals surface area contributed by atoms with Crippen LogP contribution in [0.5, 0.6) is 0 Å². The highest BCUT2D eigenvalue weighted by Gasteiger charge is 2.30. The van der Waals surface area contributed by atoms with Gasteiger partial charge in [-0.2, -0.15) is 0 Å². The van der Waals surface area contributed by atoms with Gasteiger partial charge < -0.3 is 9.85 Å². The predicted molar refractivity (Wildman–Crippen MR) is 67.9 cm³/mol. The van der Waals surface area contributed by atoms with E-state index in [0.717, 1.165) is 37.1 Å². The lowest BCUT2D eigenvalue weighted by Crippen LogP contribution is -2.53. The molecule has 0 radical (unpaired) electrons. The summed E-state index contributed by atoms with van der Waals surface area (Å²) in [5, 5.41) is 16.1. The summed E-state index contributed by atoms with van der Waals surface area (Å²) in [6, 6.07) is 7.98. The molecule has 1 unspecified atom stereocenters. The number of aryl methyl sites for hydroxylation is 1. The maximum atomic E-state index is 12.8. The van der Waals surface area contributed by atoms with Crippen molar-refractivity contribution < 1.29 is 0 Å². The summed E-state index contributed by atoms with van der Waals surface area (Å²) in [4.78, 5) is 0. The number of para-hydroxylation sites is 1. The number of rotatable bonds is 3. The highest BCUT2D eigenvalue weighted by Crippen LogP contribution is 2.29. The van der Waals surface area contributed by atoms with Crippen LogP contribution in [0.3, 0.4) is 0 Å². The van der Waals surface area contributed by atoms with Crippen molar-refractivity contribution in [3.05, 3.63) is 35.0 Å². The molecule has 16 heavy (non-hydrogen) atoms. The van der Waals surface area contributed by atoms with E-state index in [1.54, 1.807) is 7.05 Å². The molecule has 0 bridgehead atoms. The number of quaternary nitrogens is 1. The Labute approximate surface area is 97.2 Å². The number of benzene rings is 1. The van der Waals surface area contributed by atoms with Crippen molar-refractivity contribution in [2.24, 2.45) is 0 Å². The molecule has 1 aromatic rings. The van der Waals surface area contributed by atoms with Crippen LogP contribution in [0.4, 0.5) is 5.69 Å². The van der Waals surface area contributed by atoms with E-state index in [1.807, 2.05) is 18.2 Å². The first-order chi connectivity index (χ1) is 7.66. The lowest BCUT2D eigenvalue weighted by Gasteiger charge is -2.44. The molecule has 88 valence electrons. The zero-order valence-electron chi connectivity index (χ0n) is 10.1. The van der Waals surface area contributed by atoms with Crippen LogP contribution >= 0.6 is 0 Å². The van der Waals surface area contributed by atoms with Gasteiger partial charge >= 0.3 is 0 Å². The molecule has 0 aromatic heterocycles. The van der Waals surface area contributed by atoms with Gasteiger partial charge in [-0.05, 0) is 18.9 Å². The third-order valence-corrected chi connectivity index (χ3v) is 3.48. The van der Waals surface area contributed by atoms with Crippen LogP contribution in [-0.2, 0) is 6.42 Å². The molecule has 1 aromatic carbocycles. The molecule has 3 heteroatoms. The highest BCUT2D eigenvalue weighted by atomic mass is 16.5. The predicted octanol–water partition coefficient (Wildman–Crippen LogP) is 2.39. The highest BCUT2D eigenvalue weighted by molar-refractivity contribution is 5.51. The van der Waals surface area contributed by atoms with Crippen molar-refractivity contribution in [1.29, 1.82) is 0 Å². The molecule has 0 amide bonds. The quantitative estimate of drug-likeness (QED) is 0.627. The second kappa shape index (κ2) is 4.53. The number of hydrogen-bond acceptors (Lipinski definition) is 2. The van der Waals surface area contributed by atoms with Crippen molar-refractivity contribution in [2.75, 3.05) is 13.6 Å². The first-order valence-electron chi connectivity index (χ1n) is 6.05. The molecule has 0 aliphatic carbocycles. The van der Waals surface area contributed by atoms with Gasteiger partial charge in [0.1, 0.15) is 11.9 Å². The Bertz CT molecular complexity index is 357. The van der Waals surface area contributed by atoms with Crippen LogP contribution in [0.2, 0.25) is 0 Å². The molecule has 2 atom stereocenters. The average molecular weight is 220 g/mol. The third kappa shape index (κ3) is 1.98. The molecule has 1 heterocycles. The zero-order chi connectivity index (χ0) is 11.6. The van der Waals surface area contributed by atoms with Gasteiger partial charge in [-0.1, -0.05) is 25.1 Å². The minimum atomic E-state index is -0.288. The van der Waals surface area contributed by atoms with Crippen LogP contribution in [0, 0.1) is 5.21 Å². The molecule has 0 saturated carbocycles. The Morgan fingerprint density at radius 1 is 1.44 bits per heavy atom. The van der Waals surface area contributed by atoms with Gasteiger partial charge in [0.2, 0.25) is 0 Å². The minimum absolute atomic E-state index is 0.0210. The van der Waals surface area contributed by atoms with E-state index in [4.69, 9.17) is 0 Å². The first-order valence-corrected chi connectivity index (χ1v) is 6.05. The SMILES string of the molecule is CCc1ccccc1[N+](C)([O-])[C@H]1CCCN1. The van der Waals surface area contributed by atoms with Crippen molar-refractivity contribution in [1.82, 2.24) is 9.96 Å². The van der Waals surface area contributed by atoms with E-state index >= 15 is 0 Å². The Kier molecular flexibility index (Phi) is 3.28. The number of nitrogens with one attached hydrogen (secondary N) is 1. The van der Waals surface area contributed by atoms with Crippen LogP contribution < -0.4 is 9.96 Å². The summed E-state index contributed by atoms with van der Waals surface area (Å²) in [5.74, 6) is 0. The fraction of sp³-hybridized carbons (Fsp3) is 0.538. The summed E-state index contributed by atoms with van der Waals surface area (Å²) >= 11 is 0. The van der Waals surface area contributed by atoms with Crippen molar-refractivity contribution in [2.45, 2.75) is 32.4 Å². The minimum Gasteiger partial charge on any atom is -0.626 e. The van der Waals surface area contributed by atoms with Crippen LogP contribution in [0.15, 0.2) is 24.3 Å². The van der Waals surface area contributed by atoms with Gasteiger partial charge in [0.25, 0.3) is 0 Å². The normalized spacial score (nSPS) is 24.3. The number of hydroxylamine groups is 2. The molecule has 3 nitrogen and oxygen atoms in total. The van der Waals surface area contributed by atoms with Gasteiger partial charge in [0.05, 0.1) is 7.05 Å². The third-order valence-electron chi connectivity index (χ3n) is 3.48. The first kappa shape index (κ1) is 11.6. The maximum Gasteiger partial charge on any atom is 0.147 e. The smallest absolute Gasteiger partial charge is 0.147 e. The summed E-state index contributed by atoms with van der Waals surface area (Å²) < 4.78 is -0.288. The van der Waals surface area contributed by atoms with Crippen LogP contribution in [0.25, 0.3) is 0 Å². The molecule has 1 N–H and O–H groups in total. The molecule has 2 rings (SSSR count). The molecule has 1 aliphatic rings. The van der Waals surface area contributed by atoms with Crippen molar-refractivity contribution >= 4 is 5.69 Å². The summed E-state index contributed by atoms with van der Waals surface area (Å²) in [6.45, 7) is 3.07. The summed E-state index contributed by atoms with van der Waals surface area (Å²) in [5.41, 5.74) is 2.07. The fourth-order valence-corrected chi connectivity index (χ4v) is 2.50. The van der Waals surface area contributed by atoms with E-state index < -0.39 is 0 Å². The van der Waals surface area contributed by atoms with Gasteiger partial charge in [-0.3, -0.25) is 5.32 Å². The van der Waals surface area contributed by atoms with Gasteiger partial charge in [0, 0.05) is 18.5 Å². The summed E-state index contributed by atoms with van der Waals surface area (Å²) in [7, 11) is 1.76. The van der Waals surface area contributed by atoms with Crippen molar-refractivity contribution in [3.63, 3.8) is 0 Å². The van der Waals surface area contributed by atoms with E-state index in [1.165, 1.54) is 0 Å². The molecule has 1 aliphatic heterocycles. The van der Waals surface area contributed by atoms with E-state index in [0.29, 0.717) is 0 Å². The maximum absolute atomic E-state index is 12.8. The lowest BCUT2D eigenvalue weighted by molar-refractivity contribution is 0.303. The van der Waals surface area contributed by atoms with Gasteiger partial charge in [-0.25, -0.2) is 0 Å². The monoisotopic (exact) mass is 220 g/mol. The average Bonchev–Trinajstić information content (AvgIpc) is 2.83. The summed E-state index contributed by atoms with van der Waals surface area (Å²) in [6.07, 6.45) is 3.01. The Morgan fingerprint density at radius 3 is 2.81 bits per heavy atom. The van der Waals surface area contributed by atoms with Crippen LogP contribution in [0.1, 0.15) is 25.3 Å². The van der Waals surface area contributed by atoms with E-state index in [-0.39, 0.29) is 10.8 Å². The molecule has 1 saturated heterocycles. The topological polar surface area (TPSA) is 35.1 Å². The largest absolute Gasteiger partial charge is 0.626 e. The zero-order valence-corrected chi connectivity index (χ0v) is 10.1. The number of nitrogens with zero attached hydrogens (tertiary/aromatic N) is 1. The fourth-order valence-electron chi connectivity index (χ4n) is 2.50. The number of hydrogen-bond donors (Lipinski definition) is 1. The molecule has 1 fully saturated rings. The Hall–Kier alpha value is -0.900. The van der Waals surface area contributed by atoms with Crippen LogP contribution in [-0.4, -0.2) is 19.8 Å². The van der Waals surface area contributed by atoms with Crippen molar-refractivity contribution in [3.8, 4) is 0 Å². The molecule has 0 spiro atoms. The molecular weight excluding hydrogens is 200 g/mol. The second-order valence-corrected chi connectivity index (χ2v) is 4.58. The Morgan fingerprint density at radius 2 is 2.19 bits per heavy atom. The van der Waals surface area contributed by atoms with Gasteiger partial charge in [0.15, 0.2) is 0 Å². The van der Waals surface area contributed by atoms with E-state index in [9.17, 15) is 5.21 Å². The second-order valence-electron chi connectivity index (χ2n) is 4.58. The molecular formula is C13H20N2O. The Balaban J connectivity index is 2.33. The standard InChI is InChI=1S/C13H20N2O/c1-3-11-7-4-5-8-12(11)15(2,16)13-9-6-10-14-13/h4-5,7-8,13-14H,3,6,9-10H2,1-2H3/t13-,15?/m0/s1. The van der Waals surface area contributed by atoms with E-state index in [2.05, 4.69) is 18.3 Å². The van der Waals surface area contributed by atoms with Gasteiger partial charge in [-0.15, -0.1) is 0 Å².